The Balaban J connectivity index is 1.90. The fourth-order valence-electron chi connectivity index (χ4n) is 2.09. The molecule has 2 aromatic rings. The molecule has 0 saturated carbocycles. The minimum atomic E-state index is -4.43. The molecule has 0 radical (unpaired) electrons. The molecule has 5 nitrogen and oxygen atoms in total. The minimum absolute atomic E-state index is 0.0979. The highest BCUT2D eigenvalue weighted by atomic mass is 19.4. The van der Waals surface area contributed by atoms with Crippen LogP contribution in [-0.4, -0.2) is 28.2 Å². The third kappa shape index (κ3) is 5.73. The van der Waals surface area contributed by atoms with Crippen LogP contribution in [0.3, 0.4) is 0 Å². The summed E-state index contributed by atoms with van der Waals surface area (Å²) < 4.78 is 43.0. The molecular weight excluding hydrogens is 349 g/mol. The first-order valence-electron chi connectivity index (χ1n) is 7.80. The first-order chi connectivity index (χ1) is 12.1. The van der Waals surface area contributed by atoms with E-state index in [9.17, 15) is 18.0 Å². The summed E-state index contributed by atoms with van der Waals surface area (Å²) in [6, 6.07) is 8.64. The fraction of sp³-hybridized carbons (Fsp3) is 0.333. The molecule has 0 unspecified atom stereocenters. The van der Waals surface area contributed by atoms with Crippen LogP contribution in [-0.2, 0) is 12.7 Å². The Kier molecular flexibility index (Phi) is 5.86. The van der Waals surface area contributed by atoms with Crippen molar-refractivity contribution >= 4 is 5.97 Å². The van der Waals surface area contributed by atoms with E-state index >= 15 is 0 Å². The molecule has 0 amide bonds. The summed E-state index contributed by atoms with van der Waals surface area (Å²) in [6.45, 7) is 4.30. The number of aromatic carboxylic acids is 1. The van der Waals surface area contributed by atoms with Gasteiger partial charge in [0.05, 0.1) is 11.1 Å². The molecule has 0 aliphatic carbocycles. The van der Waals surface area contributed by atoms with Crippen molar-refractivity contribution in [2.45, 2.75) is 32.1 Å². The minimum Gasteiger partial charge on any atom is -0.478 e. The van der Waals surface area contributed by atoms with Crippen molar-refractivity contribution in [3.05, 3.63) is 59.3 Å². The molecule has 0 spiro atoms. The maximum atomic E-state index is 12.5. The Morgan fingerprint density at radius 3 is 2.54 bits per heavy atom. The Morgan fingerprint density at radius 2 is 1.96 bits per heavy atom. The van der Waals surface area contributed by atoms with Gasteiger partial charge in [0.25, 0.3) is 0 Å². The van der Waals surface area contributed by atoms with Crippen molar-refractivity contribution in [3.63, 3.8) is 0 Å². The van der Waals surface area contributed by atoms with E-state index in [1.54, 1.807) is 18.2 Å². The van der Waals surface area contributed by atoms with Gasteiger partial charge in [0.15, 0.2) is 0 Å². The maximum Gasteiger partial charge on any atom is 0.417 e. The van der Waals surface area contributed by atoms with Gasteiger partial charge in [0.1, 0.15) is 6.61 Å². The lowest BCUT2D eigenvalue weighted by Gasteiger charge is -2.26. The molecule has 0 aliphatic rings. The molecule has 0 atom stereocenters. The van der Waals surface area contributed by atoms with E-state index in [0.29, 0.717) is 6.54 Å². The second-order valence-corrected chi connectivity index (χ2v) is 6.41. The molecule has 0 aliphatic heterocycles. The number of hydrogen-bond donors (Lipinski definition) is 2. The molecule has 0 saturated heterocycles. The molecule has 1 aromatic heterocycles. The zero-order valence-electron chi connectivity index (χ0n) is 14.3. The van der Waals surface area contributed by atoms with Gasteiger partial charge in [-0.1, -0.05) is 12.1 Å². The Bertz CT molecular complexity index is 759. The SMILES string of the molecule is CC(C)(COc1ccc(C(F)(F)F)cn1)NCc1cccc(C(=O)O)c1. The van der Waals surface area contributed by atoms with Crippen LogP contribution < -0.4 is 10.1 Å². The molecule has 2 rings (SSSR count). The van der Waals surface area contributed by atoms with Gasteiger partial charge in [-0.15, -0.1) is 0 Å². The van der Waals surface area contributed by atoms with Crippen LogP contribution >= 0.6 is 0 Å². The average molecular weight is 368 g/mol. The van der Waals surface area contributed by atoms with E-state index in [1.165, 1.54) is 12.1 Å². The van der Waals surface area contributed by atoms with Crippen molar-refractivity contribution in [3.8, 4) is 5.88 Å². The van der Waals surface area contributed by atoms with Crippen molar-refractivity contribution < 1.29 is 27.8 Å². The van der Waals surface area contributed by atoms with Crippen molar-refractivity contribution in [2.75, 3.05) is 6.61 Å². The number of alkyl halides is 3. The van der Waals surface area contributed by atoms with Gasteiger partial charge < -0.3 is 15.2 Å². The maximum absolute atomic E-state index is 12.5. The van der Waals surface area contributed by atoms with Gasteiger partial charge >= 0.3 is 12.1 Å². The highest BCUT2D eigenvalue weighted by molar-refractivity contribution is 5.87. The number of benzene rings is 1. The number of aromatic nitrogens is 1. The number of halogens is 3. The average Bonchev–Trinajstić information content (AvgIpc) is 2.58. The number of pyridine rings is 1. The number of ether oxygens (including phenoxy) is 1. The Hall–Kier alpha value is -2.61. The van der Waals surface area contributed by atoms with E-state index in [1.807, 2.05) is 13.8 Å². The summed E-state index contributed by atoms with van der Waals surface area (Å²) >= 11 is 0. The van der Waals surface area contributed by atoms with E-state index in [4.69, 9.17) is 9.84 Å². The van der Waals surface area contributed by atoms with E-state index in [-0.39, 0.29) is 18.1 Å². The smallest absolute Gasteiger partial charge is 0.417 e. The summed E-state index contributed by atoms with van der Waals surface area (Å²) in [5, 5.41) is 12.2. The highest BCUT2D eigenvalue weighted by Gasteiger charge is 2.30. The van der Waals surface area contributed by atoms with Crippen LogP contribution in [0.15, 0.2) is 42.6 Å². The predicted octanol–water partition coefficient (Wildman–Crippen LogP) is 3.75. The van der Waals surface area contributed by atoms with Crippen LogP contribution in [0.1, 0.15) is 35.3 Å². The van der Waals surface area contributed by atoms with Crippen LogP contribution in [0.25, 0.3) is 0 Å². The molecule has 26 heavy (non-hydrogen) atoms. The van der Waals surface area contributed by atoms with Gasteiger partial charge in [0, 0.05) is 24.3 Å². The van der Waals surface area contributed by atoms with Gasteiger partial charge in [-0.05, 0) is 37.6 Å². The van der Waals surface area contributed by atoms with Crippen molar-refractivity contribution in [1.82, 2.24) is 10.3 Å². The summed E-state index contributed by atoms with van der Waals surface area (Å²) in [5.41, 5.74) is -0.345. The van der Waals surface area contributed by atoms with Gasteiger partial charge in [-0.3, -0.25) is 0 Å². The molecule has 0 bridgehead atoms. The van der Waals surface area contributed by atoms with E-state index in [0.717, 1.165) is 17.8 Å². The summed E-state index contributed by atoms with van der Waals surface area (Å²) in [4.78, 5) is 14.6. The van der Waals surface area contributed by atoms with E-state index < -0.39 is 23.2 Å². The topological polar surface area (TPSA) is 71.5 Å². The lowest BCUT2D eigenvalue weighted by molar-refractivity contribution is -0.137. The third-order valence-electron chi connectivity index (χ3n) is 3.59. The molecular formula is C18H19F3N2O3. The molecule has 2 N–H and O–H groups in total. The lowest BCUT2D eigenvalue weighted by atomic mass is 10.1. The largest absolute Gasteiger partial charge is 0.478 e. The first kappa shape index (κ1) is 19.7. The molecule has 140 valence electrons. The quantitative estimate of drug-likeness (QED) is 0.779. The Labute approximate surface area is 148 Å². The van der Waals surface area contributed by atoms with Crippen molar-refractivity contribution in [1.29, 1.82) is 0 Å². The number of carbonyl (C=O) groups is 1. The molecule has 1 aromatic carbocycles. The van der Waals surface area contributed by atoms with Crippen LogP contribution in [0.2, 0.25) is 0 Å². The van der Waals surface area contributed by atoms with Crippen molar-refractivity contribution in [2.24, 2.45) is 0 Å². The lowest BCUT2D eigenvalue weighted by Crippen LogP contribution is -2.44. The summed E-state index contributed by atoms with van der Waals surface area (Å²) in [5.74, 6) is -0.899. The fourth-order valence-corrected chi connectivity index (χ4v) is 2.09. The van der Waals surface area contributed by atoms with Crippen LogP contribution in [0, 0.1) is 0 Å². The zero-order valence-corrected chi connectivity index (χ0v) is 14.3. The summed E-state index contributed by atoms with van der Waals surface area (Å²) in [7, 11) is 0. The van der Waals surface area contributed by atoms with Gasteiger partial charge in [0.2, 0.25) is 5.88 Å². The Morgan fingerprint density at radius 1 is 1.23 bits per heavy atom. The van der Waals surface area contributed by atoms with Crippen LogP contribution in [0.5, 0.6) is 5.88 Å². The molecule has 8 heteroatoms. The monoisotopic (exact) mass is 368 g/mol. The van der Waals surface area contributed by atoms with E-state index in [2.05, 4.69) is 10.3 Å². The van der Waals surface area contributed by atoms with Crippen LogP contribution in [0.4, 0.5) is 13.2 Å². The number of hydrogen-bond acceptors (Lipinski definition) is 4. The zero-order chi connectivity index (χ0) is 19.4. The van der Waals surface area contributed by atoms with Gasteiger partial charge in [-0.2, -0.15) is 13.2 Å². The number of rotatable bonds is 7. The number of carboxylic acid groups (broad SMARTS) is 1. The number of carboxylic acids is 1. The second-order valence-electron chi connectivity index (χ2n) is 6.41. The molecule has 0 fully saturated rings. The number of nitrogens with one attached hydrogen (secondary N) is 1. The third-order valence-corrected chi connectivity index (χ3v) is 3.59. The molecule has 1 heterocycles. The second kappa shape index (κ2) is 7.74. The summed E-state index contributed by atoms with van der Waals surface area (Å²) in [6.07, 6.45) is -3.70. The predicted molar refractivity (Wildman–Crippen MR) is 89.1 cm³/mol. The number of nitrogens with zero attached hydrogens (tertiary/aromatic N) is 1. The highest BCUT2D eigenvalue weighted by Crippen LogP contribution is 2.29. The normalized spacial score (nSPS) is 12.0. The first-order valence-corrected chi connectivity index (χ1v) is 7.80. The van der Waals surface area contributed by atoms with Gasteiger partial charge in [-0.25, -0.2) is 9.78 Å². The standard InChI is InChI=1S/C18H19F3N2O3/c1-17(2,23-9-12-4-3-5-13(8-12)16(24)25)11-26-15-7-6-14(10-22-15)18(19,20)21/h3-8,10,23H,9,11H2,1-2H3,(H,24,25).